The van der Waals surface area contributed by atoms with E-state index in [1.165, 1.54) is 23.9 Å². The number of aromatic nitrogens is 2. The molecule has 1 aromatic carbocycles. The molecule has 1 aliphatic heterocycles. The van der Waals surface area contributed by atoms with Gasteiger partial charge in [-0.2, -0.15) is 0 Å². The molecule has 14 heteroatoms. The number of hydrogen-bond donors (Lipinski definition) is 2. The molecule has 12 nitrogen and oxygen atoms in total. The molecule has 1 aliphatic rings. The molecule has 2 unspecified atom stereocenters. The number of methoxy groups -OCH3 is 1. The number of halogens is 1. The number of hydrogen-bond acceptors (Lipinski definition) is 10. The van der Waals surface area contributed by atoms with Gasteiger partial charge in [0.15, 0.2) is 11.5 Å². The molecule has 0 saturated carbocycles. The van der Waals surface area contributed by atoms with Gasteiger partial charge in [-0.15, -0.1) is 0 Å². The normalized spacial score (nSPS) is 15.0. The fourth-order valence-corrected chi connectivity index (χ4v) is 4.35. The van der Waals surface area contributed by atoms with E-state index in [1.54, 1.807) is 32.0 Å². The van der Waals surface area contributed by atoms with E-state index < -0.39 is 37.3 Å². The molecule has 192 valence electrons. The Morgan fingerprint density at radius 3 is 2.74 bits per heavy atom. The van der Waals surface area contributed by atoms with Gasteiger partial charge < -0.3 is 28.0 Å². The number of ether oxygens (including phenoxy) is 4. The number of H-pyrrole nitrogens is 1. The zero-order chi connectivity index (χ0) is 25.4. The predicted octanol–water partition coefficient (Wildman–Crippen LogP) is 2.27. The number of carbonyl (C=O) groups excluding carboxylic acids is 1. The molecule has 0 spiro atoms. The molecule has 0 amide bonds. The topological polar surface area (TPSA) is 139 Å². The standard InChI is InChI=1S/C21H27ClN3O9P/c1-13(2)33-20(27)10-23-35(34-14-4-5-16-17(8-14)31-12-30-16)32-11-15(29-3)9-18(22)25-7-6-19(26)24-21(25)28/h4-8,13,15,18,23H,9-12H2,1-3H3,(H,24,26,28)/t15?,18-,35?/m1/s1. The highest BCUT2D eigenvalue weighted by atomic mass is 35.5. The average molecular weight is 532 g/mol. The van der Waals surface area contributed by atoms with Gasteiger partial charge >= 0.3 is 20.2 Å². The summed E-state index contributed by atoms with van der Waals surface area (Å²) in [5.41, 5.74) is -1.95. The molecule has 0 radical (unpaired) electrons. The molecule has 35 heavy (non-hydrogen) atoms. The summed E-state index contributed by atoms with van der Waals surface area (Å²) >= 11 is 6.36. The summed E-state index contributed by atoms with van der Waals surface area (Å²) in [6, 6.07) is 6.25. The van der Waals surface area contributed by atoms with E-state index in [0.717, 1.165) is 0 Å². The number of esters is 1. The van der Waals surface area contributed by atoms with Crippen molar-refractivity contribution in [1.29, 1.82) is 0 Å². The van der Waals surface area contributed by atoms with Crippen molar-refractivity contribution in [1.82, 2.24) is 14.6 Å². The summed E-state index contributed by atoms with van der Waals surface area (Å²) in [6.07, 6.45) is 0.698. The van der Waals surface area contributed by atoms with Crippen molar-refractivity contribution >= 4 is 26.1 Å². The lowest BCUT2D eigenvalue weighted by Gasteiger charge is -2.23. The van der Waals surface area contributed by atoms with Crippen LogP contribution in [0.4, 0.5) is 0 Å². The third-order valence-electron chi connectivity index (χ3n) is 4.57. The highest BCUT2D eigenvalue weighted by molar-refractivity contribution is 7.45. The van der Waals surface area contributed by atoms with Gasteiger partial charge in [0.2, 0.25) is 6.79 Å². The zero-order valence-corrected chi connectivity index (χ0v) is 21.0. The summed E-state index contributed by atoms with van der Waals surface area (Å²) in [5.74, 6) is 1.10. The van der Waals surface area contributed by atoms with Crippen LogP contribution in [0.25, 0.3) is 0 Å². The Kier molecular flexibility index (Phi) is 9.93. The highest BCUT2D eigenvalue weighted by Crippen LogP contribution is 2.41. The molecule has 3 rings (SSSR count). The maximum absolute atomic E-state index is 12.0. The maximum Gasteiger partial charge on any atom is 0.329 e. The second-order valence-electron chi connectivity index (χ2n) is 7.58. The van der Waals surface area contributed by atoms with Crippen molar-refractivity contribution in [3.05, 3.63) is 51.3 Å². The summed E-state index contributed by atoms with van der Waals surface area (Å²) in [7, 11) is -0.342. The van der Waals surface area contributed by atoms with Crippen molar-refractivity contribution in [3.8, 4) is 17.2 Å². The minimum absolute atomic E-state index is 0.0281. The minimum atomic E-state index is -1.82. The Labute approximate surface area is 207 Å². The van der Waals surface area contributed by atoms with Gasteiger partial charge in [-0.3, -0.25) is 19.1 Å². The fraction of sp³-hybridized carbons (Fsp3) is 0.476. The number of fused-ring (bicyclic) bond motifs is 1. The van der Waals surface area contributed by atoms with Crippen LogP contribution in [0.15, 0.2) is 40.1 Å². The van der Waals surface area contributed by atoms with E-state index in [2.05, 4.69) is 10.1 Å². The molecule has 2 N–H and O–H groups in total. The maximum atomic E-state index is 12.0. The number of nitrogens with zero attached hydrogens (tertiary/aromatic N) is 1. The van der Waals surface area contributed by atoms with Crippen LogP contribution >= 0.6 is 20.1 Å². The van der Waals surface area contributed by atoms with Crippen molar-refractivity contribution in [2.45, 2.75) is 38.0 Å². The van der Waals surface area contributed by atoms with Gasteiger partial charge in [0.1, 0.15) is 17.8 Å². The Morgan fingerprint density at radius 1 is 1.26 bits per heavy atom. The smallest absolute Gasteiger partial charge is 0.329 e. The summed E-state index contributed by atoms with van der Waals surface area (Å²) in [4.78, 5) is 37.4. The Balaban J connectivity index is 1.63. The van der Waals surface area contributed by atoms with E-state index in [9.17, 15) is 14.4 Å². The van der Waals surface area contributed by atoms with Crippen LogP contribution in [0.3, 0.4) is 0 Å². The quantitative estimate of drug-likeness (QED) is 0.225. The average Bonchev–Trinajstić information content (AvgIpc) is 3.27. The summed E-state index contributed by atoms with van der Waals surface area (Å²) in [6.45, 7) is 3.51. The van der Waals surface area contributed by atoms with E-state index in [-0.39, 0.29) is 32.5 Å². The third-order valence-corrected chi connectivity index (χ3v) is 6.14. The lowest BCUT2D eigenvalue weighted by Crippen LogP contribution is -2.32. The van der Waals surface area contributed by atoms with Gasteiger partial charge in [0.05, 0.1) is 18.8 Å². The van der Waals surface area contributed by atoms with Crippen molar-refractivity contribution in [3.63, 3.8) is 0 Å². The summed E-state index contributed by atoms with van der Waals surface area (Å²) in [5, 5.41) is 2.91. The van der Waals surface area contributed by atoms with E-state index in [0.29, 0.717) is 17.2 Å². The van der Waals surface area contributed by atoms with E-state index >= 15 is 0 Å². The molecule has 2 aromatic rings. The van der Waals surface area contributed by atoms with Crippen LogP contribution in [0.2, 0.25) is 0 Å². The summed E-state index contributed by atoms with van der Waals surface area (Å²) < 4.78 is 34.2. The van der Waals surface area contributed by atoms with Crippen LogP contribution in [0, 0.1) is 0 Å². The SMILES string of the molecule is COC(COP(NCC(=O)OC(C)C)Oc1ccc2c(c1)OCO2)C[C@H](Cl)n1ccc(=O)[nH]c1=O. The Morgan fingerprint density at radius 2 is 2.03 bits per heavy atom. The molecule has 0 bridgehead atoms. The zero-order valence-electron chi connectivity index (χ0n) is 19.4. The number of nitrogens with one attached hydrogen (secondary N) is 2. The Hall–Kier alpha value is -2.63. The van der Waals surface area contributed by atoms with Crippen LogP contribution in [0.5, 0.6) is 17.2 Å². The van der Waals surface area contributed by atoms with E-state index in [1.807, 2.05) is 0 Å². The van der Waals surface area contributed by atoms with Crippen molar-refractivity contribution in [2.75, 3.05) is 27.1 Å². The monoisotopic (exact) mass is 531 g/mol. The number of carbonyl (C=O) groups is 1. The predicted molar refractivity (Wildman–Crippen MR) is 127 cm³/mol. The number of rotatable bonds is 13. The fourth-order valence-electron chi connectivity index (χ4n) is 2.93. The highest BCUT2D eigenvalue weighted by Gasteiger charge is 2.23. The molecule has 3 atom stereocenters. The number of alkyl halides is 1. The molecule has 2 heterocycles. The number of aromatic amines is 1. The first kappa shape index (κ1) is 27.0. The lowest BCUT2D eigenvalue weighted by atomic mass is 10.2. The van der Waals surface area contributed by atoms with Crippen molar-refractivity contribution in [2.24, 2.45) is 0 Å². The van der Waals surface area contributed by atoms with E-state index in [4.69, 9.17) is 39.6 Å². The third kappa shape index (κ3) is 8.22. The molecular formula is C21H27ClN3O9P. The van der Waals surface area contributed by atoms with Crippen LogP contribution < -0.4 is 30.3 Å². The van der Waals surface area contributed by atoms with Gasteiger partial charge in [0.25, 0.3) is 5.56 Å². The molecule has 1 aromatic heterocycles. The minimum Gasteiger partial charge on any atom is -0.462 e. The van der Waals surface area contributed by atoms with Gasteiger partial charge in [-0.1, -0.05) is 11.6 Å². The van der Waals surface area contributed by atoms with Gasteiger partial charge in [-0.05, 0) is 26.0 Å². The van der Waals surface area contributed by atoms with Crippen LogP contribution in [-0.4, -0.2) is 54.8 Å². The first-order chi connectivity index (χ1) is 16.7. The van der Waals surface area contributed by atoms with Crippen molar-refractivity contribution < 1.29 is 32.8 Å². The molecule has 0 fully saturated rings. The van der Waals surface area contributed by atoms with Gasteiger partial charge in [0, 0.05) is 31.9 Å². The second kappa shape index (κ2) is 12.9. The molecule has 0 saturated heterocycles. The molecule has 0 aliphatic carbocycles. The largest absolute Gasteiger partial charge is 0.462 e. The lowest BCUT2D eigenvalue weighted by molar-refractivity contribution is -0.145. The first-order valence-corrected chi connectivity index (χ1v) is 12.3. The Bertz CT molecular complexity index is 1110. The van der Waals surface area contributed by atoms with Gasteiger partial charge in [-0.25, -0.2) is 9.88 Å². The number of benzene rings is 1. The molecular weight excluding hydrogens is 505 g/mol. The van der Waals surface area contributed by atoms with Crippen LogP contribution in [0.1, 0.15) is 25.8 Å². The second-order valence-corrected chi connectivity index (χ2v) is 9.35. The first-order valence-electron chi connectivity index (χ1n) is 10.7. The van der Waals surface area contributed by atoms with Crippen LogP contribution in [-0.2, 0) is 18.8 Å².